The molecule has 1 aliphatic carbocycles. The van der Waals surface area contributed by atoms with E-state index in [2.05, 4.69) is 4.90 Å². The van der Waals surface area contributed by atoms with Crippen LogP contribution >= 0.6 is 0 Å². The van der Waals surface area contributed by atoms with Gasteiger partial charge in [0.1, 0.15) is 0 Å². The molecular formula is C17H23NO2. The summed E-state index contributed by atoms with van der Waals surface area (Å²) in [5.41, 5.74) is 2.69. The van der Waals surface area contributed by atoms with E-state index in [0.29, 0.717) is 5.56 Å². The maximum Gasteiger partial charge on any atom is 0.335 e. The fourth-order valence-corrected chi connectivity index (χ4v) is 3.96. The SMILES string of the molecule is Cc1cc(C(=O)O)ccc1N1CCC2CCCCC2C1. The van der Waals surface area contributed by atoms with Crippen molar-refractivity contribution in [3.8, 4) is 0 Å². The number of aromatic carboxylic acids is 1. The molecule has 0 spiro atoms. The first kappa shape index (κ1) is 13.5. The van der Waals surface area contributed by atoms with Crippen LogP contribution in [0.1, 0.15) is 48.0 Å². The van der Waals surface area contributed by atoms with Gasteiger partial charge in [0.2, 0.25) is 0 Å². The second-order valence-corrected chi connectivity index (χ2v) is 6.35. The standard InChI is InChI=1S/C17H23NO2/c1-12-10-14(17(19)20)6-7-16(12)18-9-8-13-4-2-3-5-15(13)11-18/h6-7,10,13,15H,2-5,8-9,11H2,1H3,(H,19,20). The molecule has 20 heavy (non-hydrogen) atoms. The van der Waals surface area contributed by atoms with Crippen molar-refractivity contribution < 1.29 is 9.90 Å². The van der Waals surface area contributed by atoms with Crippen molar-refractivity contribution in [2.45, 2.75) is 39.0 Å². The first-order chi connectivity index (χ1) is 9.65. The normalized spacial score (nSPS) is 26.1. The Balaban J connectivity index is 1.78. The van der Waals surface area contributed by atoms with Gasteiger partial charge < -0.3 is 10.0 Å². The molecule has 1 saturated carbocycles. The Hall–Kier alpha value is -1.51. The van der Waals surface area contributed by atoms with Gasteiger partial charge in [-0.25, -0.2) is 4.79 Å². The molecular weight excluding hydrogens is 250 g/mol. The van der Waals surface area contributed by atoms with Crippen molar-refractivity contribution >= 4 is 11.7 Å². The van der Waals surface area contributed by atoms with Crippen LogP contribution in [0, 0.1) is 18.8 Å². The molecule has 1 aromatic carbocycles. The Labute approximate surface area is 120 Å². The Bertz CT molecular complexity index is 512. The molecule has 0 aromatic heterocycles. The number of carboxylic acids is 1. The summed E-state index contributed by atoms with van der Waals surface area (Å²) in [6.07, 6.45) is 6.87. The van der Waals surface area contributed by atoms with Crippen molar-refractivity contribution in [3.63, 3.8) is 0 Å². The topological polar surface area (TPSA) is 40.5 Å². The summed E-state index contributed by atoms with van der Waals surface area (Å²) in [6, 6.07) is 5.52. The van der Waals surface area contributed by atoms with Crippen LogP contribution in [-0.2, 0) is 0 Å². The molecule has 0 amide bonds. The van der Waals surface area contributed by atoms with Gasteiger partial charge in [0, 0.05) is 18.8 Å². The van der Waals surface area contributed by atoms with Crippen LogP contribution in [0.3, 0.4) is 0 Å². The number of fused-ring (bicyclic) bond motifs is 1. The molecule has 2 fully saturated rings. The first-order valence-corrected chi connectivity index (χ1v) is 7.74. The fourth-order valence-electron chi connectivity index (χ4n) is 3.96. The summed E-state index contributed by atoms with van der Waals surface area (Å²) in [6.45, 7) is 4.29. The second kappa shape index (κ2) is 5.47. The molecule has 2 unspecified atom stereocenters. The molecule has 3 nitrogen and oxygen atoms in total. The van der Waals surface area contributed by atoms with Gasteiger partial charge in [0.15, 0.2) is 0 Å². The molecule has 2 aliphatic rings. The van der Waals surface area contributed by atoms with E-state index in [1.54, 1.807) is 12.1 Å². The minimum atomic E-state index is -0.842. The maximum atomic E-state index is 11.0. The summed E-state index contributed by atoms with van der Waals surface area (Å²) in [5.74, 6) is 0.931. The van der Waals surface area contributed by atoms with E-state index in [1.165, 1.54) is 37.8 Å². The first-order valence-electron chi connectivity index (χ1n) is 7.74. The monoisotopic (exact) mass is 273 g/mol. The molecule has 1 N–H and O–H groups in total. The van der Waals surface area contributed by atoms with Gasteiger partial charge in [-0.3, -0.25) is 0 Å². The van der Waals surface area contributed by atoms with Crippen LogP contribution in [0.15, 0.2) is 18.2 Å². The molecule has 1 aliphatic heterocycles. The zero-order valence-electron chi connectivity index (χ0n) is 12.1. The largest absolute Gasteiger partial charge is 0.478 e. The van der Waals surface area contributed by atoms with Gasteiger partial charge in [0.05, 0.1) is 5.56 Å². The predicted molar refractivity (Wildman–Crippen MR) is 80.4 cm³/mol. The minimum absolute atomic E-state index is 0.388. The highest BCUT2D eigenvalue weighted by atomic mass is 16.4. The number of piperidine rings is 1. The number of hydrogen-bond acceptors (Lipinski definition) is 2. The van der Waals surface area contributed by atoms with E-state index in [4.69, 9.17) is 5.11 Å². The van der Waals surface area contributed by atoms with Gasteiger partial charge in [-0.1, -0.05) is 19.3 Å². The number of carbonyl (C=O) groups is 1. The Morgan fingerprint density at radius 2 is 1.95 bits per heavy atom. The van der Waals surface area contributed by atoms with E-state index >= 15 is 0 Å². The summed E-state index contributed by atoms with van der Waals surface area (Å²) < 4.78 is 0. The Morgan fingerprint density at radius 1 is 1.20 bits per heavy atom. The molecule has 108 valence electrons. The highest BCUT2D eigenvalue weighted by Crippen LogP contribution is 2.38. The van der Waals surface area contributed by atoms with Crippen molar-refractivity contribution in [3.05, 3.63) is 29.3 Å². The molecule has 1 aromatic rings. The summed E-state index contributed by atoms with van der Waals surface area (Å²) in [5, 5.41) is 9.05. The highest BCUT2D eigenvalue weighted by molar-refractivity contribution is 5.88. The number of aryl methyl sites for hydroxylation is 1. The smallest absolute Gasteiger partial charge is 0.335 e. The highest BCUT2D eigenvalue weighted by Gasteiger charge is 2.31. The lowest BCUT2D eigenvalue weighted by atomic mass is 9.75. The predicted octanol–water partition coefficient (Wildman–Crippen LogP) is 3.71. The van der Waals surface area contributed by atoms with E-state index in [9.17, 15) is 4.79 Å². The number of carboxylic acid groups (broad SMARTS) is 1. The zero-order chi connectivity index (χ0) is 14.1. The summed E-state index contributed by atoms with van der Waals surface area (Å²) in [4.78, 5) is 13.5. The van der Waals surface area contributed by atoms with E-state index in [1.807, 2.05) is 13.0 Å². The molecule has 1 saturated heterocycles. The third-order valence-corrected chi connectivity index (χ3v) is 5.08. The fraction of sp³-hybridized carbons (Fsp3) is 0.588. The molecule has 3 rings (SSSR count). The minimum Gasteiger partial charge on any atom is -0.478 e. The Morgan fingerprint density at radius 3 is 2.65 bits per heavy atom. The van der Waals surface area contributed by atoms with E-state index < -0.39 is 5.97 Å². The molecule has 3 heteroatoms. The average Bonchev–Trinajstić information content (AvgIpc) is 2.46. The zero-order valence-corrected chi connectivity index (χ0v) is 12.1. The van der Waals surface area contributed by atoms with E-state index in [-0.39, 0.29) is 0 Å². The van der Waals surface area contributed by atoms with Gasteiger partial charge in [0.25, 0.3) is 0 Å². The molecule has 1 heterocycles. The van der Waals surface area contributed by atoms with Crippen LogP contribution < -0.4 is 4.90 Å². The Kier molecular flexibility index (Phi) is 3.68. The quantitative estimate of drug-likeness (QED) is 0.893. The second-order valence-electron chi connectivity index (χ2n) is 6.35. The van der Waals surface area contributed by atoms with Crippen LogP contribution in [0.2, 0.25) is 0 Å². The number of hydrogen-bond donors (Lipinski definition) is 1. The molecule has 0 radical (unpaired) electrons. The third-order valence-electron chi connectivity index (χ3n) is 5.08. The maximum absolute atomic E-state index is 11.0. The number of nitrogens with zero attached hydrogens (tertiary/aromatic N) is 1. The van der Waals surface area contributed by atoms with Gasteiger partial charge in [-0.05, 0) is 55.4 Å². The van der Waals surface area contributed by atoms with Crippen molar-refractivity contribution in [1.82, 2.24) is 0 Å². The molecule has 0 bridgehead atoms. The number of anilines is 1. The van der Waals surface area contributed by atoms with Gasteiger partial charge in [-0.15, -0.1) is 0 Å². The van der Waals surface area contributed by atoms with Crippen molar-refractivity contribution in [1.29, 1.82) is 0 Å². The lowest BCUT2D eigenvalue weighted by Gasteiger charge is -2.42. The van der Waals surface area contributed by atoms with Crippen LogP contribution in [0.5, 0.6) is 0 Å². The number of rotatable bonds is 2. The lowest BCUT2D eigenvalue weighted by molar-refractivity contribution is 0.0697. The molecule has 2 atom stereocenters. The summed E-state index contributed by atoms with van der Waals surface area (Å²) in [7, 11) is 0. The third kappa shape index (κ3) is 2.54. The van der Waals surface area contributed by atoms with Crippen LogP contribution in [0.4, 0.5) is 5.69 Å². The lowest BCUT2D eigenvalue weighted by Crippen LogP contribution is -2.42. The summed E-state index contributed by atoms with van der Waals surface area (Å²) >= 11 is 0. The van der Waals surface area contributed by atoms with Crippen molar-refractivity contribution in [2.24, 2.45) is 11.8 Å². The average molecular weight is 273 g/mol. The van der Waals surface area contributed by atoms with E-state index in [0.717, 1.165) is 30.5 Å². The van der Waals surface area contributed by atoms with Gasteiger partial charge in [-0.2, -0.15) is 0 Å². The van der Waals surface area contributed by atoms with Gasteiger partial charge >= 0.3 is 5.97 Å². The van der Waals surface area contributed by atoms with Crippen LogP contribution in [-0.4, -0.2) is 24.2 Å². The number of benzene rings is 1. The van der Waals surface area contributed by atoms with Crippen molar-refractivity contribution in [2.75, 3.05) is 18.0 Å². The van der Waals surface area contributed by atoms with Crippen LogP contribution in [0.25, 0.3) is 0 Å².